The van der Waals surface area contributed by atoms with Crippen molar-refractivity contribution < 1.29 is 18.3 Å². The number of benzene rings is 2. The number of rotatable bonds is 5. The summed E-state index contributed by atoms with van der Waals surface area (Å²) in [5.74, 6) is -1.69. The van der Waals surface area contributed by atoms with Crippen LogP contribution in [-0.4, -0.2) is 31.7 Å². The zero-order valence-corrected chi connectivity index (χ0v) is 16.0. The van der Waals surface area contributed by atoms with E-state index >= 15 is 0 Å². The predicted octanol–water partition coefficient (Wildman–Crippen LogP) is 4.08. The zero-order valence-electron chi connectivity index (χ0n) is 16.0. The van der Waals surface area contributed by atoms with Gasteiger partial charge in [0.1, 0.15) is 11.6 Å². The van der Waals surface area contributed by atoms with Gasteiger partial charge in [-0.2, -0.15) is 0 Å². The lowest BCUT2D eigenvalue weighted by atomic mass is 10.1. The second kappa shape index (κ2) is 8.97. The summed E-state index contributed by atoms with van der Waals surface area (Å²) in [6.07, 6.45) is 2.85. The zero-order chi connectivity index (χ0) is 20.1. The van der Waals surface area contributed by atoms with Crippen LogP contribution in [0.25, 0.3) is 6.08 Å². The summed E-state index contributed by atoms with van der Waals surface area (Å²) in [5.41, 5.74) is 2.37. The van der Waals surface area contributed by atoms with Crippen LogP contribution in [0.2, 0.25) is 0 Å². The van der Waals surface area contributed by atoms with Crippen molar-refractivity contribution >= 4 is 17.7 Å². The van der Waals surface area contributed by atoms with Crippen LogP contribution in [0.4, 0.5) is 14.5 Å². The first-order valence-corrected chi connectivity index (χ1v) is 9.32. The highest BCUT2D eigenvalue weighted by molar-refractivity contribution is 5.92. The van der Waals surface area contributed by atoms with Crippen LogP contribution in [0.5, 0.6) is 0 Å². The van der Waals surface area contributed by atoms with Gasteiger partial charge >= 0.3 is 0 Å². The molecule has 2 aromatic rings. The van der Waals surface area contributed by atoms with Crippen molar-refractivity contribution in [3.8, 4) is 0 Å². The summed E-state index contributed by atoms with van der Waals surface area (Å²) < 4.78 is 32.0. The van der Waals surface area contributed by atoms with E-state index in [-0.39, 0.29) is 18.1 Å². The van der Waals surface area contributed by atoms with Gasteiger partial charge in [0.05, 0.1) is 18.8 Å². The fraction of sp³-hybridized carbons (Fsp3) is 0.318. The number of hydrogen-bond donors (Lipinski definition) is 1. The van der Waals surface area contributed by atoms with E-state index in [1.807, 2.05) is 19.1 Å². The molecule has 0 saturated carbocycles. The molecule has 1 aliphatic rings. The smallest absolute Gasteiger partial charge is 0.244 e. The normalized spacial score (nSPS) is 18.3. The third kappa shape index (κ3) is 5.39. The fourth-order valence-corrected chi connectivity index (χ4v) is 3.23. The minimum Gasteiger partial charge on any atom is -0.375 e. The molecule has 0 aromatic heterocycles. The highest BCUT2D eigenvalue weighted by Crippen LogP contribution is 2.22. The van der Waals surface area contributed by atoms with Crippen molar-refractivity contribution in [2.45, 2.75) is 26.0 Å². The molecule has 1 heterocycles. The first kappa shape index (κ1) is 20.0. The highest BCUT2D eigenvalue weighted by atomic mass is 19.1. The second-order valence-electron chi connectivity index (χ2n) is 6.99. The second-order valence-corrected chi connectivity index (χ2v) is 6.99. The van der Waals surface area contributed by atoms with Crippen molar-refractivity contribution in [3.63, 3.8) is 0 Å². The minimum atomic E-state index is -0.678. The van der Waals surface area contributed by atoms with E-state index in [0.29, 0.717) is 12.2 Å². The largest absolute Gasteiger partial charge is 0.375 e. The Morgan fingerprint density at radius 1 is 1.25 bits per heavy atom. The molecule has 1 aliphatic heterocycles. The van der Waals surface area contributed by atoms with E-state index in [4.69, 9.17) is 4.74 Å². The van der Waals surface area contributed by atoms with Crippen molar-refractivity contribution in [2.24, 2.45) is 0 Å². The van der Waals surface area contributed by atoms with Gasteiger partial charge in [0, 0.05) is 30.9 Å². The number of halogens is 2. The number of hydrogen-bond acceptors (Lipinski definition) is 3. The van der Waals surface area contributed by atoms with Gasteiger partial charge < -0.3 is 15.0 Å². The van der Waals surface area contributed by atoms with E-state index in [9.17, 15) is 13.6 Å². The molecule has 0 radical (unpaired) electrons. The number of carbonyl (C=O) groups excluding carboxylic acids is 1. The van der Waals surface area contributed by atoms with Gasteiger partial charge in [-0.1, -0.05) is 12.1 Å². The van der Waals surface area contributed by atoms with Gasteiger partial charge in [-0.05, 0) is 55.3 Å². The topological polar surface area (TPSA) is 41.6 Å². The maximum Gasteiger partial charge on any atom is 0.244 e. The van der Waals surface area contributed by atoms with Crippen LogP contribution in [0.3, 0.4) is 0 Å². The molecule has 1 saturated heterocycles. The molecular formula is C22H24F2N2O2. The van der Waals surface area contributed by atoms with E-state index in [1.54, 1.807) is 0 Å². The van der Waals surface area contributed by atoms with E-state index < -0.39 is 11.6 Å². The first-order chi connectivity index (χ1) is 13.4. The Labute approximate surface area is 163 Å². The highest BCUT2D eigenvalue weighted by Gasteiger charge is 2.18. The average Bonchev–Trinajstić information content (AvgIpc) is 2.66. The number of ether oxygens (including phenoxy) is 1. The van der Waals surface area contributed by atoms with Crippen molar-refractivity contribution in [1.29, 1.82) is 0 Å². The Kier molecular flexibility index (Phi) is 6.41. The molecule has 3 rings (SSSR count). The predicted molar refractivity (Wildman–Crippen MR) is 106 cm³/mol. The average molecular weight is 386 g/mol. The Balaban J connectivity index is 1.63. The number of morpholine rings is 1. The SMILES string of the molecule is CC1CN(c2cccc(C(C)NC(=O)C=Cc3cc(F)cc(F)c3)c2)CCO1. The summed E-state index contributed by atoms with van der Waals surface area (Å²) in [6.45, 7) is 6.31. The van der Waals surface area contributed by atoms with Crippen LogP contribution in [-0.2, 0) is 9.53 Å². The lowest BCUT2D eigenvalue weighted by Gasteiger charge is -2.33. The minimum absolute atomic E-state index is 0.187. The molecule has 2 atom stereocenters. The van der Waals surface area contributed by atoms with E-state index in [0.717, 1.165) is 30.4 Å². The summed E-state index contributed by atoms with van der Waals surface area (Å²) >= 11 is 0. The third-order valence-electron chi connectivity index (χ3n) is 4.65. The molecule has 2 unspecified atom stereocenters. The lowest BCUT2D eigenvalue weighted by Crippen LogP contribution is -2.41. The Bertz CT molecular complexity index is 849. The molecule has 6 heteroatoms. The van der Waals surface area contributed by atoms with Gasteiger partial charge in [-0.25, -0.2) is 8.78 Å². The summed E-state index contributed by atoms with van der Waals surface area (Å²) in [4.78, 5) is 14.5. The molecular weight excluding hydrogens is 362 g/mol. The number of nitrogens with one attached hydrogen (secondary N) is 1. The summed E-state index contributed by atoms with van der Waals surface area (Å²) in [6, 6.07) is 11.0. The van der Waals surface area contributed by atoms with E-state index in [2.05, 4.69) is 29.3 Å². The number of nitrogens with zero attached hydrogens (tertiary/aromatic N) is 1. The van der Waals surface area contributed by atoms with Crippen LogP contribution in [0.1, 0.15) is 31.0 Å². The lowest BCUT2D eigenvalue weighted by molar-refractivity contribution is -0.117. The van der Waals surface area contributed by atoms with Crippen LogP contribution in [0.15, 0.2) is 48.5 Å². The van der Waals surface area contributed by atoms with Crippen LogP contribution < -0.4 is 10.2 Å². The maximum atomic E-state index is 13.2. The quantitative estimate of drug-likeness (QED) is 0.788. The van der Waals surface area contributed by atoms with Gasteiger partial charge in [-0.3, -0.25) is 4.79 Å². The summed E-state index contributed by atoms with van der Waals surface area (Å²) in [7, 11) is 0. The Morgan fingerprint density at radius 2 is 2.00 bits per heavy atom. The molecule has 148 valence electrons. The molecule has 1 amide bonds. The van der Waals surface area contributed by atoms with Crippen LogP contribution in [0, 0.1) is 11.6 Å². The third-order valence-corrected chi connectivity index (χ3v) is 4.65. The molecule has 1 fully saturated rings. The number of anilines is 1. The molecule has 4 nitrogen and oxygen atoms in total. The van der Waals surface area contributed by atoms with Crippen LogP contribution >= 0.6 is 0 Å². The number of amides is 1. The van der Waals surface area contributed by atoms with Gasteiger partial charge in [-0.15, -0.1) is 0 Å². The van der Waals surface area contributed by atoms with Crippen molar-refractivity contribution in [3.05, 3.63) is 71.3 Å². The fourth-order valence-electron chi connectivity index (χ4n) is 3.23. The molecule has 0 spiro atoms. The molecule has 0 bridgehead atoms. The van der Waals surface area contributed by atoms with Gasteiger partial charge in [0.15, 0.2) is 0 Å². The van der Waals surface area contributed by atoms with Crippen molar-refractivity contribution in [2.75, 3.05) is 24.6 Å². The Hall–Kier alpha value is -2.73. The standard InChI is InChI=1S/C22H24F2N2O2/c1-15-14-26(8-9-28-15)21-5-3-4-18(12-21)16(2)25-22(27)7-6-17-10-19(23)13-20(24)11-17/h3-7,10-13,15-16H,8-9,14H2,1-2H3,(H,25,27). The summed E-state index contributed by atoms with van der Waals surface area (Å²) in [5, 5.41) is 2.88. The van der Waals surface area contributed by atoms with E-state index in [1.165, 1.54) is 24.3 Å². The van der Waals surface area contributed by atoms with Crippen molar-refractivity contribution in [1.82, 2.24) is 5.32 Å². The molecule has 28 heavy (non-hydrogen) atoms. The van der Waals surface area contributed by atoms with Gasteiger partial charge in [0.2, 0.25) is 5.91 Å². The Morgan fingerprint density at radius 3 is 2.71 bits per heavy atom. The monoisotopic (exact) mass is 386 g/mol. The maximum absolute atomic E-state index is 13.2. The first-order valence-electron chi connectivity index (χ1n) is 9.32. The molecule has 2 aromatic carbocycles. The van der Waals surface area contributed by atoms with Gasteiger partial charge in [0.25, 0.3) is 0 Å². The number of carbonyl (C=O) groups is 1. The molecule has 1 N–H and O–H groups in total. The molecule has 0 aliphatic carbocycles.